The minimum Gasteiger partial charge on any atom is -0.406 e. The number of carbonyl (C=O) groups is 1. The molecule has 1 aliphatic heterocycles. The van der Waals surface area contributed by atoms with Crippen LogP contribution in [0.3, 0.4) is 0 Å². The molecule has 0 aliphatic carbocycles. The third-order valence-corrected chi connectivity index (χ3v) is 8.45. The van der Waals surface area contributed by atoms with Crippen LogP contribution in [0.4, 0.5) is 19.1 Å². The maximum Gasteiger partial charge on any atom is 0.573 e. The zero-order valence-corrected chi connectivity index (χ0v) is 19.1. The molecule has 1 aromatic carbocycles. The lowest BCUT2D eigenvalue weighted by atomic mass is 9.85. The molecule has 2 aromatic rings. The van der Waals surface area contributed by atoms with Crippen LogP contribution in [0.15, 0.2) is 24.3 Å². The Kier molecular flexibility index (Phi) is 6.76. The van der Waals surface area contributed by atoms with Crippen molar-refractivity contribution in [3.8, 4) is 17.1 Å². The summed E-state index contributed by atoms with van der Waals surface area (Å²) in [5, 5.41) is 8.80. The topological polar surface area (TPSA) is 123 Å². The number of H-pyrrole nitrogens is 1. The molecule has 9 nitrogen and oxygen atoms in total. The number of carbonyl (C=O) groups excluding carboxylic acids is 1. The number of anilines is 1. The van der Waals surface area contributed by atoms with Gasteiger partial charge in [-0.15, -0.1) is 18.3 Å². The van der Waals surface area contributed by atoms with Gasteiger partial charge in [0.15, 0.2) is 15.7 Å². The van der Waals surface area contributed by atoms with Crippen molar-refractivity contribution >= 4 is 21.7 Å². The lowest BCUT2D eigenvalue weighted by Crippen LogP contribution is -2.49. The number of aromatic amines is 1. The van der Waals surface area contributed by atoms with Crippen LogP contribution in [0.5, 0.6) is 5.75 Å². The molecule has 1 saturated heterocycles. The number of sulfone groups is 1. The number of halogens is 3. The van der Waals surface area contributed by atoms with Crippen molar-refractivity contribution < 1.29 is 35.9 Å². The van der Waals surface area contributed by atoms with E-state index in [4.69, 9.17) is 4.74 Å². The highest BCUT2D eigenvalue weighted by Gasteiger charge is 2.46. The Labute approximate surface area is 189 Å². The summed E-state index contributed by atoms with van der Waals surface area (Å²) in [7, 11) is -3.84. The predicted molar refractivity (Wildman–Crippen MR) is 113 cm³/mol. The van der Waals surface area contributed by atoms with Gasteiger partial charge < -0.3 is 9.47 Å². The van der Waals surface area contributed by atoms with Gasteiger partial charge >= 0.3 is 6.36 Å². The van der Waals surface area contributed by atoms with Crippen molar-refractivity contribution in [2.24, 2.45) is 5.41 Å². The molecule has 2 heterocycles. The molecular formula is C20H25F3N4O5S. The summed E-state index contributed by atoms with van der Waals surface area (Å²) in [6, 6.07) is 4.87. The number of rotatable bonds is 7. The number of ether oxygens (including phenoxy) is 2. The number of amides is 1. The standard InChI is InChI=1S/C20H25F3N4O5S/c1-18(2,33(29,30)12-19(3)8-10-31-11-9-19)16(28)25-17-24-15(26-27-17)13-4-6-14(7-5-13)32-20(21,22)23/h4-7H,8-12H2,1-3H3,(H2,24,25,26,27,28). The quantitative estimate of drug-likeness (QED) is 0.610. The molecule has 1 amide bonds. The first kappa shape index (κ1) is 25.0. The number of alkyl halides is 3. The zero-order valence-electron chi connectivity index (χ0n) is 18.3. The van der Waals surface area contributed by atoms with Gasteiger partial charge in [-0.2, -0.15) is 4.98 Å². The van der Waals surface area contributed by atoms with E-state index in [-0.39, 0.29) is 17.5 Å². The van der Waals surface area contributed by atoms with Crippen LogP contribution in [0, 0.1) is 5.41 Å². The largest absolute Gasteiger partial charge is 0.573 e. The Morgan fingerprint density at radius 2 is 1.82 bits per heavy atom. The summed E-state index contributed by atoms with van der Waals surface area (Å²) in [6.45, 7) is 5.47. The number of hydrogen-bond acceptors (Lipinski definition) is 7. The van der Waals surface area contributed by atoms with E-state index in [0.717, 1.165) is 12.1 Å². The average molecular weight is 491 g/mol. The molecular weight excluding hydrogens is 465 g/mol. The fraction of sp³-hybridized carbons (Fsp3) is 0.550. The second kappa shape index (κ2) is 8.93. The van der Waals surface area contributed by atoms with Gasteiger partial charge in [0.25, 0.3) is 0 Å². The van der Waals surface area contributed by atoms with Crippen LogP contribution in [0.1, 0.15) is 33.6 Å². The van der Waals surface area contributed by atoms with Gasteiger partial charge in [-0.1, -0.05) is 6.92 Å². The lowest BCUT2D eigenvalue weighted by molar-refractivity contribution is -0.274. The molecule has 0 atom stereocenters. The fourth-order valence-electron chi connectivity index (χ4n) is 3.30. The first-order valence-electron chi connectivity index (χ1n) is 10.1. The van der Waals surface area contributed by atoms with Crippen molar-refractivity contribution in [2.45, 2.75) is 44.7 Å². The van der Waals surface area contributed by atoms with Crippen molar-refractivity contribution in [2.75, 3.05) is 24.3 Å². The Balaban J connectivity index is 1.69. The highest BCUT2D eigenvalue weighted by Crippen LogP contribution is 2.35. The van der Waals surface area contributed by atoms with E-state index in [0.29, 0.717) is 31.6 Å². The van der Waals surface area contributed by atoms with Crippen molar-refractivity contribution in [3.63, 3.8) is 0 Å². The Hall–Kier alpha value is -2.67. The van der Waals surface area contributed by atoms with Gasteiger partial charge in [-0.3, -0.25) is 15.2 Å². The molecule has 0 bridgehead atoms. The molecule has 0 saturated carbocycles. The van der Waals surface area contributed by atoms with Crippen LogP contribution < -0.4 is 10.1 Å². The summed E-state index contributed by atoms with van der Waals surface area (Å²) in [4.78, 5) is 16.9. The molecule has 33 heavy (non-hydrogen) atoms. The number of benzene rings is 1. The molecule has 1 aromatic heterocycles. The van der Waals surface area contributed by atoms with Gasteiger partial charge in [-0.25, -0.2) is 8.42 Å². The van der Waals surface area contributed by atoms with E-state index < -0.39 is 38.0 Å². The van der Waals surface area contributed by atoms with E-state index in [1.165, 1.54) is 26.0 Å². The molecule has 1 aliphatic rings. The Morgan fingerprint density at radius 1 is 1.21 bits per heavy atom. The first-order chi connectivity index (χ1) is 15.2. The first-order valence-corrected chi connectivity index (χ1v) is 11.8. The molecule has 182 valence electrons. The van der Waals surface area contributed by atoms with E-state index in [1.54, 1.807) is 0 Å². The molecule has 2 N–H and O–H groups in total. The Bertz CT molecular complexity index is 1090. The third-order valence-electron chi connectivity index (χ3n) is 5.63. The number of nitrogens with zero attached hydrogens (tertiary/aromatic N) is 2. The van der Waals surface area contributed by atoms with Crippen LogP contribution in [-0.2, 0) is 19.4 Å². The highest BCUT2D eigenvalue weighted by molar-refractivity contribution is 7.93. The van der Waals surface area contributed by atoms with Crippen LogP contribution in [-0.4, -0.2) is 59.6 Å². The van der Waals surface area contributed by atoms with Gasteiger partial charge in [0, 0.05) is 18.8 Å². The molecule has 0 spiro atoms. The van der Waals surface area contributed by atoms with E-state index in [9.17, 15) is 26.4 Å². The molecule has 1 fully saturated rings. The van der Waals surface area contributed by atoms with Crippen LogP contribution >= 0.6 is 0 Å². The zero-order chi connectivity index (χ0) is 24.5. The molecule has 13 heteroatoms. The van der Waals surface area contributed by atoms with Crippen molar-refractivity contribution in [3.05, 3.63) is 24.3 Å². The monoisotopic (exact) mass is 490 g/mol. The predicted octanol–water partition coefficient (Wildman–Crippen LogP) is 3.32. The highest BCUT2D eigenvalue weighted by atomic mass is 32.2. The summed E-state index contributed by atoms with van der Waals surface area (Å²) in [5.41, 5.74) is -0.0918. The van der Waals surface area contributed by atoms with Crippen LogP contribution in [0.2, 0.25) is 0 Å². The fourth-order valence-corrected chi connectivity index (χ4v) is 5.20. The number of nitrogens with one attached hydrogen (secondary N) is 2. The summed E-state index contributed by atoms with van der Waals surface area (Å²) in [5.74, 6) is -1.34. The minimum atomic E-state index is -4.81. The van der Waals surface area contributed by atoms with Gasteiger partial charge in [0.1, 0.15) is 10.5 Å². The number of aromatic nitrogens is 3. The summed E-state index contributed by atoms with van der Waals surface area (Å²) in [6.07, 6.45) is -3.64. The normalized spacial score (nSPS) is 16.9. The maximum absolute atomic E-state index is 13.1. The van der Waals surface area contributed by atoms with Crippen LogP contribution in [0.25, 0.3) is 11.4 Å². The molecule has 0 unspecified atom stereocenters. The molecule has 0 radical (unpaired) electrons. The second-order valence-corrected chi connectivity index (χ2v) is 11.3. The Morgan fingerprint density at radius 3 is 2.39 bits per heavy atom. The van der Waals surface area contributed by atoms with Gasteiger partial charge in [-0.05, 0) is 56.4 Å². The summed E-state index contributed by atoms with van der Waals surface area (Å²) < 4.78 is 70.4. The maximum atomic E-state index is 13.1. The van der Waals surface area contributed by atoms with E-state index >= 15 is 0 Å². The lowest BCUT2D eigenvalue weighted by Gasteiger charge is -2.35. The van der Waals surface area contributed by atoms with Gasteiger partial charge in [0.05, 0.1) is 5.75 Å². The van der Waals surface area contributed by atoms with E-state index in [2.05, 4.69) is 25.2 Å². The molecule has 3 rings (SSSR count). The SMILES string of the molecule is CC1(CS(=O)(=O)C(C)(C)C(=O)Nc2n[nH]c(-c3ccc(OC(F)(F)F)cc3)n2)CCOCC1. The minimum absolute atomic E-state index is 0.157. The average Bonchev–Trinajstić information content (AvgIpc) is 3.15. The smallest absolute Gasteiger partial charge is 0.406 e. The van der Waals surface area contributed by atoms with Crippen molar-refractivity contribution in [1.82, 2.24) is 15.2 Å². The summed E-state index contributed by atoms with van der Waals surface area (Å²) >= 11 is 0. The third kappa shape index (κ3) is 6.02. The number of hydrogen-bond donors (Lipinski definition) is 2. The van der Waals surface area contributed by atoms with E-state index in [1.807, 2.05) is 6.92 Å². The van der Waals surface area contributed by atoms with Gasteiger partial charge in [0.2, 0.25) is 11.9 Å². The second-order valence-electron chi connectivity index (χ2n) is 8.73. The van der Waals surface area contributed by atoms with Crippen molar-refractivity contribution in [1.29, 1.82) is 0 Å².